The molecule has 23 heteroatoms. The number of primary amides is 2. The van der Waals surface area contributed by atoms with E-state index in [9.17, 15) is 27.2 Å². The summed E-state index contributed by atoms with van der Waals surface area (Å²) < 4.78 is 49.8. The Morgan fingerprint density at radius 1 is 0.638 bits per heavy atom. The summed E-state index contributed by atoms with van der Waals surface area (Å²) in [5, 5.41) is 15.6. The van der Waals surface area contributed by atoms with Gasteiger partial charge in [-0.05, 0) is 24.3 Å². The zero-order valence-corrected chi connectivity index (χ0v) is 32.3. The van der Waals surface area contributed by atoms with Gasteiger partial charge in [0.25, 0.3) is 11.8 Å². The van der Waals surface area contributed by atoms with E-state index in [4.69, 9.17) is 91.6 Å². The van der Waals surface area contributed by atoms with Crippen LogP contribution in [-0.2, 0) is 9.47 Å². The van der Waals surface area contributed by atoms with Crippen molar-refractivity contribution in [3.05, 3.63) is 113 Å². The molecule has 0 aliphatic heterocycles. The molecule has 4 rings (SSSR count). The topological polar surface area (TPSA) is 185 Å². The van der Waals surface area contributed by atoms with Gasteiger partial charge in [0, 0.05) is 0 Å². The van der Waals surface area contributed by atoms with Crippen molar-refractivity contribution in [3.63, 3.8) is 0 Å². The van der Waals surface area contributed by atoms with Crippen molar-refractivity contribution in [2.24, 2.45) is 11.5 Å². The molecule has 0 spiro atoms. The molecule has 4 heterocycles. The molecule has 0 saturated carbocycles. The van der Waals surface area contributed by atoms with E-state index in [0.29, 0.717) is 9.47 Å². The first-order chi connectivity index (χ1) is 21.9. The monoisotopic (exact) mass is 1030 g/mol. The second kappa shape index (κ2) is 23.4. The number of halogens is 12. The second-order valence-corrected chi connectivity index (χ2v) is 21.1. The number of nitrogens with zero attached hydrogens (tertiary/aromatic N) is 6. The summed E-state index contributed by atoms with van der Waals surface area (Å²) >= 11 is 36.9. The molecule has 0 atom stereocenters. The van der Waals surface area contributed by atoms with E-state index >= 15 is 0 Å². The minimum absolute atomic E-state index is 0.0198. The van der Waals surface area contributed by atoms with E-state index in [0.717, 1.165) is 36.7 Å². The van der Waals surface area contributed by atoms with Crippen molar-refractivity contribution in [1.29, 1.82) is 10.5 Å². The van der Waals surface area contributed by atoms with Crippen LogP contribution in [0, 0.1) is 45.9 Å². The van der Waals surface area contributed by atoms with Gasteiger partial charge < -0.3 is 11.5 Å². The van der Waals surface area contributed by atoms with Crippen molar-refractivity contribution in [1.82, 2.24) is 19.9 Å². The minimum atomic E-state index is -0.844. The van der Waals surface area contributed by atoms with Gasteiger partial charge >= 0.3 is 49.4 Å². The quantitative estimate of drug-likeness (QED) is 0.114. The molecule has 0 saturated heterocycles. The molecule has 0 aliphatic carbocycles. The van der Waals surface area contributed by atoms with Gasteiger partial charge in [0.2, 0.25) is 0 Å². The number of carbonyl (C=O) groups is 2. The SMILES string of the molecule is N#Cc1cc(F)c(Cl)nc1Cl.N#Cc1cc(F)cnc1Cl.NC(=O)c1cc(F)c(Cl)nc1Cl.NC(=O)c1cc(F)cnc1Cl.[I][V][I]. The first-order valence-corrected chi connectivity index (χ1v) is 22.2. The van der Waals surface area contributed by atoms with Crippen LogP contribution in [0.3, 0.4) is 0 Å². The summed E-state index contributed by atoms with van der Waals surface area (Å²) in [5.74, 6) is -4.39. The van der Waals surface area contributed by atoms with Crippen molar-refractivity contribution in [2.45, 2.75) is 0 Å². The maximum atomic E-state index is 12.7. The average Bonchev–Trinajstić information content (AvgIpc) is 3.00. The Balaban J connectivity index is 0.000000584. The molecular formula is C24H10Cl6F4I2N8O2V. The molecule has 0 bridgehead atoms. The molecule has 0 fully saturated rings. The van der Waals surface area contributed by atoms with E-state index in [2.05, 4.69) is 59.9 Å². The number of hydrogen-bond acceptors (Lipinski definition) is 8. The molecular weight excluding hydrogens is 1030 g/mol. The third-order valence-corrected chi connectivity index (χ3v) is 5.87. The van der Waals surface area contributed by atoms with Crippen LogP contribution in [0.25, 0.3) is 0 Å². The van der Waals surface area contributed by atoms with Gasteiger partial charge in [-0.15, -0.1) is 0 Å². The van der Waals surface area contributed by atoms with Crippen LogP contribution in [0.2, 0.25) is 30.9 Å². The van der Waals surface area contributed by atoms with Crippen molar-refractivity contribution in [3.8, 4) is 12.1 Å². The van der Waals surface area contributed by atoms with Gasteiger partial charge in [0.1, 0.15) is 44.4 Å². The predicted octanol–water partition coefficient (Wildman–Crippen LogP) is 8.51. The zero-order valence-electron chi connectivity index (χ0n) is 22.1. The Morgan fingerprint density at radius 2 is 1.02 bits per heavy atom. The third kappa shape index (κ3) is 16.8. The van der Waals surface area contributed by atoms with Crippen LogP contribution in [0.5, 0.6) is 0 Å². The Kier molecular flexibility index (Phi) is 22.4. The van der Waals surface area contributed by atoms with Crippen LogP contribution in [0.4, 0.5) is 17.6 Å². The fourth-order valence-corrected chi connectivity index (χ4v) is 3.36. The number of nitrogens with two attached hydrogens (primary N) is 2. The Hall–Kier alpha value is -1.98. The summed E-state index contributed by atoms with van der Waals surface area (Å²) in [5.41, 5.74) is 9.46. The number of rotatable bonds is 2. The first kappa shape index (κ1) is 45.0. The van der Waals surface area contributed by atoms with Gasteiger partial charge in [-0.2, -0.15) is 10.5 Å². The average molecular weight is 1040 g/mol. The standard InChI is InChI=1S/C6H3Cl2FN2O.C6HCl2FN2.C6H4ClFN2O.C6H2ClFN2.2HI.V/c7-4-2(6(10)12)1-3(9)5(8)11-4;7-5-3(2-10)1-4(9)6(8)11-5;7-5-4(6(9)11)1-3(8)2-10-5;7-6-4(2-9)1-5(8)3-10-6;;;/h1H,(H2,10,12);1H;1-2H,(H2,9,11);1,3H;2*1H;/q;;;;;;+2/p-2. The molecule has 4 N–H and O–H groups in total. The van der Waals surface area contributed by atoms with Gasteiger partial charge in [-0.25, -0.2) is 37.5 Å². The Morgan fingerprint density at radius 3 is 1.45 bits per heavy atom. The van der Waals surface area contributed by atoms with Crippen LogP contribution in [-0.4, -0.2) is 31.8 Å². The summed E-state index contributed by atoms with van der Waals surface area (Å²) in [6.45, 7) is 0. The predicted molar refractivity (Wildman–Crippen MR) is 181 cm³/mol. The molecule has 247 valence electrons. The van der Waals surface area contributed by atoms with Gasteiger partial charge in [0.15, 0.2) is 21.9 Å². The number of nitriles is 2. The van der Waals surface area contributed by atoms with E-state index in [1.54, 1.807) is 12.1 Å². The van der Waals surface area contributed by atoms with E-state index in [-0.39, 0.29) is 53.2 Å². The molecule has 10 nitrogen and oxygen atoms in total. The van der Waals surface area contributed by atoms with Crippen LogP contribution >= 0.6 is 110 Å². The molecule has 0 aliphatic rings. The number of aromatic nitrogens is 4. The molecule has 4 aromatic heterocycles. The Labute approximate surface area is 321 Å². The Bertz CT molecular complexity index is 1820. The first-order valence-electron chi connectivity index (χ1n) is 10.9. The normalized spacial score (nSPS) is 9.15. The molecule has 0 radical (unpaired) electrons. The van der Waals surface area contributed by atoms with Crippen LogP contribution in [0.1, 0.15) is 31.8 Å². The zero-order chi connectivity index (χ0) is 36.4. The van der Waals surface area contributed by atoms with Gasteiger partial charge in [-0.1, -0.05) is 69.6 Å². The van der Waals surface area contributed by atoms with Gasteiger partial charge in [-0.3, -0.25) is 9.59 Å². The maximum absolute atomic E-state index is 12.7. The molecule has 4 aromatic rings. The molecule has 47 heavy (non-hydrogen) atoms. The van der Waals surface area contributed by atoms with Crippen molar-refractivity contribution in [2.75, 3.05) is 0 Å². The van der Waals surface area contributed by atoms with Crippen molar-refractivity contribution < 1.29 is 36.6 Å². The van der Waals surface area contributed by atoms with Crippen molar-refractivity contribution >= 4 is 121 Å². The molecule has 0 aromatic carbocycles. The molecule has 2 amide bonds. The van der Waals surface area contributed by atoms with Crippen LogP contribution < -0.4 is 11.5 Å². The summed E-state index contributed by atoms with van der Waals surface area (Å²) in [6.07, 6.45) is 1.87. The summed E-state index contributed by atoms with van der Waals surface area (Å²) in [6, 6.07) is 7.14. The van der Waals surface area contributed by atoms with E-state index in [1.807, 2.05) is 0 Å². The van der Waals surface area contributed by atoms with Gasteiger partial charge in [0.05, 0.1) is 34.6 Å². The second-order valence-electron chi connectivity index (χ2n) is 7.20. The number of amides is 2. The third-order valence-electron chi connectivity index (χ3n) is 4.16. The fourth-order valence-electron chi connectivity index (χ4n) is 2.24. The molecule has 0 unspecified atom stereocenters. The summed E-state index contributed by atoms with van der Waals surface area (Å²) in [7, 11) is 0.628. The van der Waals surface area contributed by atoms with E-state index < -0.39 is 35.1 Å². The fraction of sp³-hybridized carbons (Fsp3) is 0. The number of carbonyl (C=O) groups excluding carboxylic acids is 2. The van der Waals surface area contributed by atoms with E-state index in [1.165, 1.54) is 0 Å². The van der Waals surface area contributed by atoms with Crippen LogP contribution in [0.15, 0.2) is 36.7 Å². The number of hydrogen-bond donors (Lipinski definition) is 2. The number of pyridine rings is 4. The summed E-state index contributed by atoms with van der Waals surface area (Å²) in [4.78, 5) is 34.6.